The summed E-state index contributed by atoms with van der Waals surface area (Å²) in [4.78, 5) is 27.3. The molecule has 23 heavy (non-hydrogen) atoms. The number of ether oxygens (including phenoxy) is 1. The zero-order valence-electron chi connectivity index (χ0n) is 12.4. The van der Waals surface area contributed by atoms with Crippen LogP contribution >= 0.6 is 27.7 Å². The van der Waals surface area contributed by atoms with Crippen molar-refractivity contribution in [2.45, 2.75) is 11.3 Å². The Morgan fingerprint density at radius 2 is 2.00 bits per heavy atom. The zero-order chi connectivity index (χ0) is 16.7. The maximum atomic E-state index is 11.7. The van der Waals surface area contributed by atoms with Crippen molar-refractivity contribution < 1.29 is 14.3 Å². The second kappa shape index (κ2) is 8.64. The molecule has 0 atom stereocenters. The Morgan fingerprint density at radius 1 is 1.26 bits per heavy atom. The quantitative estimate of drug-likeness (QED) is 0.516. The highest BCUT2D eigenvalue weighted by molar-refractivity contribution is 9.10. The van der Waals surface area contributed by atoms with E-state index in [0.717, 1.165) is 15.1 Å². The maximum Gasteiger partial charge on any atom is 0.286 e. The third-order valence-corrected chi connectivity index (χ3v) is 4.34. The standard InChI is InChI=1S/C15H16BrN3O3S/c1-22-11-2-4-12(5-3-11)23-7-6-14(20)18-19-15(21)13-8-10(16)9-17-13/h2-5,8-9,17H,6-7H2,1H3,(H,18,20)(H,19,21). The molecule has 0 unspecified atom stereocenters. The molecule has 0 aliphatic heterocycles. The summed E-state index contributed by atoms with van der Waals surface area (Å²) in [5, 5.41) is 0. The molecule has 2 amide bonds. The van der Waals surface area contributed by atoms with Crippen LogP contribution < -0.4 is 15.6 Å². The van der Waals surface area contributed by atoms with Crippen LogP contribution in [-0.2, 0) is 4.79 Å². The van der Waals surface area contributed by atoms with Gasteiger partial charge in [-0.1, -0.05) is 0 Å². The largest absolute Gasteiger partial charge is 0.497 e. The van der Waals surface area contributed by atoms with Gasteiger partial charge in [0, 0.05) is 27.7 Å². The molecular formula is C15H16BrN3O3S. The predicted molar refractivity (Wildman–Crippen MR) is 92.4 cm³/mol. The molecule has 0 radical (unpaired) electrons. The predicted octanol–water partition coefficient (Wildman–Crippen LogP) is 2.73. The molecule has 122 valence electrons. The molecule has 2 rings (SSSR count). The summed E-state index contributed by atoms with van der Waals surface area (Å²) in [6, 6.07) is 9.24. The number of carbonyl (C=O) groups excluding carboxylic acids is 2. The van der Waals surface area contributed by atoms with Crippen LogP contribution in [0.4, 0.5) is 0 Å². The molecular weight excluding hydrogens is 382 g/mol. The van der Waals surface area contributed by atoms with Crippen LogP contribution in [0.15, 0.2) is 45.9 Å². The van der Waals surface area contributed by atoms with Crippen LogP contribution in [0, 0.1) is 0 Å². The Hall–Kier alpha value is -1.93. The number of methoxy groups -OCH3 is 1. The molecule has 3 N–H and O–H groups in total. The van der Waals surface area contributed by atoms with Gasteiger partial charge < -0.3 is 9.72 Å². The van der Waals surface area contributed by atoms with Gasteiger partial charge in [-0.3, -0.25) is 20.4 Å². The summed E-state index contributed by atoms with van der Waals surface area (Å²) in [5.74, 6) is 0.768. The fraction of sp³-hybridized carbons (Fsp3) is 0.200. The maximum absolute atomic E-state index is 11.7. The third-order valence-electron chi connectivity index (χ3n) is 2.87. The SMILES string of the molecule is COc1ccc(SCCC(=O)NNC(=O)c2cc(Br)c[nH]2)cc1. The minimum atomic E-state index is -0.396. The van der Waals surface area contributed by atoms with E-state index in [-0.39, 0.29) is 5.91 Å². The molecule has 1 heterocycles. The fourth-order valence-electron chi connectivity index (χ4n) is 1.69. The molecule has 0 aliphatic rings. The van der Waals surface area contributed by atoms with Crippen LogP contribution in [0.3, 0.4) is 0 Å². The summed E-state index contributed by atoms with van der Waals surface area (Å²) in [7, 11) is 1.62. The van der Waals surface area contributed by atoms with Gasteiger partial charge in [0.25, 0.3) is 5.91 Å². The summed E-state index contributed by atoms with van der Waals surface area (Å²) in [5.41, 5.74) is 5.11. The van der Waals surface area contributed by atoms with E-state index < -0.39 is 5.91 Å². The minimum absolute atomic E-state index is 0.245. The Kier molecular flexibility index (Phi) is 6.54. The van der Waals surface area contributed by atoms with E-state index in [2.05, 4.69) is 31.8 Å². The average Bonchev–Trinajstić information content (AvgIpc) is 3.00. The van der Waals surface area contributed by atoms with E-state index in [9.17, 15) is 9.59 Å². The molecule has 2 aromatic rings. The molecule has 0 spiro atoms. The van der Waals surface area contributed by atoms with Crippen LogP contribution in [-0.4, -0.2) is 29.7 Å². The first-order valence-corrected chi connectivity index (χ1v) is 8.56. The van der Waals surface area contributed by atoms with Crippen molar-refractivity contribution >= 4 is 39.5 Å². The van der Waals surface area contributed by atoms with E-state index in [1.807, 2.05) is 24.3 Å². The van der Waals surface area contributed by atoms with E-state index in [1.165, 1.54) is 0 Å². The summed E-state index contributed by atoms with van der Waals surface area (Å²) in [6.07, 6.45) is 1.94. The first-order valence-electron chi connectivity index (χ1n) is 6.78. The highest BCUT2D eigenvalue weighted by atomic mass is 79.9. The number of carbonyl (C=O) groups is 2. The monoisotopic (exact) mass is 397 g/mol. The summed E-state index contributed by atoms with van der Waals surface area (Å²) < 4.78 is 5.85. The van der Waals surface area contributed by atoms with Crippen molar-refractivity contribution in [2.24, 2.45) is 0 Å². The van der Waals surface area contributed by atoms with Gasteiger partial charge in [-0.15, -0.1) is 11.8 Å². The number of aromatic nitrogens is 1. The average molecular weight is 398 g/mol. The zero-order valence-corrected chi connectivity index (χ0v) is 14.8. The lowest BCUT2D eigenvalue weighted by atomic mass is 10.3. The number of nitrogens with one attached hydrogen (secondary N) is 3. The first-order chi connectivity index (χ1) is 11.1. The molecule has 0 bridgehead atoms. The van der Waals surface area contributed by atoms with Crippen LogP contribution in [0.1, 0.15) is 16.9 Å². The molecule has 0 saturated carbocycles. The number of halogens is 1. The van der Waals surface area contributed by atoms with Gasteiger partial charge in [0.15, 0.2) is 0 Å². The molecule has 0 saturated heterocycles. The van der Waals surface area contributed by atoms with Crippen molar-refractivity contribution in [3.8, 4) is 5.75 Å². The molecule has 6 nitrogen and oxygen atoms in total. The smallest absolute Gasteiger partial charge is 0.286 e. The van der Waals surface area contributed by atoms with Crippen LogP contribution in [0.2, 0.25) is 0 Å². The van der Waals surface area contributed by atoms with E-state index in [4.69, 9.17) is 4.74 Å². The van der Waals surface area contributed by atoms with Crippen molar-refractivity contribution in [2.75, 3.05) is 12.9 Å². The normalized spacial score (nSPS) is 10.2. The second-order valence-electron chi connectivity index (χ2n) is 4.51. The Balaban J connectivity index is 1.67. The molecule has 0 aliphatic carbocycles. The fourth-order valence-corrected chi connectivity index (χ4v) is 2.88. The second-order valence-corrected chi connectivity index (χ2v) is 6.59. The number of thioether (sulfide) groups is 1. The lowest BCUT2D eigenvalue weighted by Gasteiger charge is -2.06. The molecule has 1 aromatic heterocycles. The topological polar surface area (TPSA) is 83.2 Å². The van der Waals surface area contributed by atoms with E-state index in [0.29, 0.717) is 17.9 Å². The van der Waals surface area contributed by atoms with Crippen molar-refractivity contribution in [3.05, 3.63) is 46.7 Å². The van der Waals surface area contributed by atoms with Crippen LogP contribution in [0.25, 0.3) is 0 Å². The van der Waals surface area contributed by atoms with Gasteiger partial charge in [0.05, 0.1) is 7.11 Å². The minimum Gasteiger partial charge on any atom is -0.497 e. The lowest BCUT2D eigenvalue weighted by molar-refractivity contribution is -0.121. The van der Waals surface area contributed by atoms with Crippen molar-refractivity contribution in [1.29, 1.82) is 0 Å². The Bertz CT molecular complexity index is 673. The van der Waals surface area contributed by atoms with Crippen molar-refractivity contribution in [1.82, 2.24) is 15.8 Å². The number of hydrogen-bond donors (Lipinski definition) is 3. The summed E-state index contributed by atoms with van der Waals surface area (Å²) >= 11 is 4.80. The summed E-state index contributed by atoms with van der Waals surface area (Å²) in [6.45, 7) is 0. The number of hydrogen-bond acceptors (Lipinski definition) is 4. The Labute approximate surface area is 146 Å². The van der Waals surface area contributed by atoms with Crippen LogP contribution in [0.5, 0.6) is 5.75 Å². The van der Waals surface area contributed by atoms with E-state index in [1.54, 1.807) is 31.1 Å². The van der Waals surface area contributed by atoms with Gasteiger partial charge in [-0.25, -0.2) is 0 Å². The molecule has 8 heteroatoms. The van der Waals surface area contributed by atoms with Gasteiger partial charge in [0.2, 0.25) is 5.91 Å². The number of benzene rings is 1. The molecule has 0 fully saturated rings. The lowest BCUT2D eigenvalue weighted by Crippen LogP contribution is -2.41. The molecule has 1 aromatic carbocycles. The highest BCUT2D eigenvalue weighted by Gasteiger charge is 2.09. The van der Waals surface area contributed by atoms with E-state index >= 15 is 0 Å². The highest BCUT2D eigenvalue weighted by Crippen LogP contribution is 2.21. The number of amides is 2. The Morgan fingerprint density at radius 3 is 2.61 bits per heavy atom. The van der Waals surface area contributed by atoms with Gasteiger partial charge in [-0.2, -0.15) is 0 Å². The number of H-pyrrole nitrogens is 1. The van der Waals surface area contributed by atoms with Gasteiger partial charge >= 0.3 is 0 Å². The first kappa shape index (κ1) is 17.4. The number of rotatable bonds is 6. The van der Waals surface area contributed by atoms with Gasteiger partial charge in [-0.05, 0) is 46.3 Å². The number of aromatic amines is 1. The third kappa shape index (κ3) is 5.65. The van der Waals surface area contributed by atoms with Crippen molar-refractivity contribution in [3.63, 3.8) is 0 Å². The van der Waals surface area contributed by atoms with Gasteiger partial charge in [0.1, 0.15) is 11.4 Å². The number of hydrazine groups is 1.